The minimum absolute atomic E-state index is 0.00552. The van der Waals surface area contributed by atoms with Gasteiger partial charge in [-0.3, -0.25) is 19.1 Å². The fourth-order valence-corrected chi connectivity index (χ4v) is 3.92. The normalized spacial score (nSPS) is 15.1. The van der Waals surface area contributed by atoms with Crippen molar-refractivity contribution in [3.8, 4) is 0 Å². The topological polar surface area (TPSA) is 93.5 Å². The number of nitrogens with one attached hydrogen (secondary N) is 1. The van der Waals surface area contributed by atoms with Crippen LogP contribution in [0.4, 0.5) is 11.6 Å². The quantitative estimate of drug-likeness (QED) is 0.542. The molecule has 32 heavy (non-hydrogen) atoms. The predicted octanol–water partition coefficient (Wildman–Crippen LogP) is 3.93. The number of nitrogens with zero attached hydrogens (tertiary/aromatic N) is 3. The van der Waals surface area contributed by atoms with Gasteiger partial charge in [-0.15, -0.1) is 0 Å². The molecule has 1 atom stereocenters. The number of unbranched alkanes of at least 4 members (excludes halogenated alkanes) is 1. The lowest BCUT2D eigenvalue weighted by atomic mass is 10.1. The highest BCUT2D eigenvalue weighted by Crippen LogP contribution is 2.36. The third kappa shape index (κ3) is 4.08. The van der Waals surface area contributed by atoms with Crippen molar-refractivity contribution in [3.63, 3.8) is 0 Å². The van der Waals surface area contributed by atoms with Gasteiger partial charge in [0.05, 0.1) is 29.6 Å². The zero-order valence-electron chi connectivity index (χ0n) is 18.2. The van der Waals surface area contributed by atoms with Crippen molar-refractivity contribution in [2.24, 2.45) is 0 Å². The van der Waals surface area contributed by atoms with E-state index < -0.39 is 12.0 Å². The first-order valence-electron chi connectivity index (χ1n) is 10.9. The number of para-hydroxylation sites is 2. The molecule has 166 valence electrons. The van der Waals surface area contributed by atoms with Crippen LogP contribution >= 0.6 is 0 Å². The first kappa shape index (κ1) is 21.5. The molecule has 1 N–H and O–H groups in total. The summed E-state index contributed by atoms with van der Waals surface area (Å²) in [6, 6.07) is 13.5. The van der Waals surface area contributed by atoms with Gasteiger partial charge in [0.1, 0.15) is 6.04 Å². The molecule has 2 amide bonds. The lowest BCUT2D eigenvalue weighted by Crippen LogP contribution is -2.32. The number of esters is 1. The molecule has 0 bridgehead atoms. The van der Waals surface area contributed by atoms with Crippen LogP contribution in [0.5, 0.6) is 0 Å². The van der Waals surface area contributed by atoms with Crippen LogP contribution in [0, 0.1) is 0 Å². The molecule has 0 fully saturated rings. The second kappa shape index (κ2) is 9.21. The van der Waals surface area contributed by atoms with E-state index in [1.165, 1.54) is 0 Å². The van der Waals surface area contributed by atoms with Gasteiger partial charge >= 0.3 is 5.97 Å². The molecule has 0 aliphatic carbocycles. The molecule has 1 aromatic heterocycles. The number of hydrogen-bond donors (Lipinski definition) is 1. The van der Waals surface area contributed by atoms with Crippen molar-refractivity contribution in [2.75, 3.05) is 23.4 Å². The van der Waals surface area contributed by atoms with E-state index in [1.807, 2.05) is 28.8 Å². The zero-order valence-corrected chi connectivity index (χ0v) is 18.2. The Morgan fingerprint density at radius 2 is 1.84 bits per heavy atom. The van der Waals surface area contributed by atoms with Gasteiger partial charge in [0, 0.05) is 12.2 Å². The largest absolute Gasteiger partial charge is 0.462 e. The molecular weight excluding hydrogens is 408 g/mol. The van der Waals surface area contributed by atoms with Gasteiger partial charge in [-0.05, 0) is 49.7 Å². The maximum atomic E-state index is 13.2. The van der Waals surface area contributed by atoms with Crippen molar-refractivity contribution in [2.45, 2.75) is 39.2 Å². The average Bonchev–Trinajstić information content (AvgIpc) is 3.28. The van der Waals surface area contributed by atoms with Crippen molar-refractivity contribution >= 4 is 40.5 Å². The summed E-state index contributed by atoms with van der Waals surface area (Å²) in [5, 5.41) is 2.82. The number of aromatic nitrogens is 2. The number of benzene rings is 2. The SMILES string of the molecule is CCCCN1C(=O)C(CC(=O)Nc2ccc(C(=O)OCC)cc2)n2c1nc1ccccc12. The molecule has 2 aromatic carbocycles. The van der Waals surface area contributed by atoms with Crippen LogP contribution in [-0.2, 0) is 14.3 Å². The van der Waals surface area contributed by atoms with E-state index in [-0.39, 0.29) is 18.2 Å². The fourth-order valence-electron chi connectivity index (χ4n) is 3.92. The van der Waals surface area contributed by atoms with Gasteiger partial charge in [0.2, 0.25) is 11.9 Å². The average molecular weight is 434 g/mol. The molecular formula is C24H26N4O4. The summed E-state index contributed by atoms with van der Waals surface area (Å²) < 4.78 is 6.84. The second-order valence-corrected chi connectivity index (χ2v) is 7.68. The molecule has 0 spiro atoms. The number of anilines is 2. The summed E-state index contributed by atoms with van der Waals surface area (Å²) in [5.74, 6) is -0.206. The maximum Gasteiger partial charge on any atom is 0.338 e. The van der Waals surface area contributed by atoms with Crippen LogP contribution in [0.15, 0.2) is 48.5 Å². The molecule has 3 aromatic rings. The van der Waals surface area contributed by atoms with E-state index >= 15 is 0 Å². The van der Waals surface area contributed by atoms with E-state index in [4.69, 9.17) is 4.74 Å². The standard InChI is InChI=1S/C24H26N4O4/c1-3-5-14-27-22(30)20(28-19-9-7-6-8-18(19)26-24(27)28)15-21(29)25-17-12-10-16(11-13-17)23(31)32-4-2/h6-13,20H,3-5,14-15H2,1-2H3,(H,25,29). The summed E-state index contributed by atoms with van der Waals surface area (Å²) >= 11 is 0. The van der Waals surface area contributed by atoms with Crippen molar-refractivity contribution < 1.29 is 19.1 Å². The molecule has 1 aliphatic rings. The van der Waals surface area contributed by atoms with Crippen LogP contribution in [0.25, 0.3) is 11.0 Å². The highest BCUT2D eigenvalue weighted by Gasteiger charge is 2.40. The summed E-state index contributed by atoms with van der Waals surface area (Å²) in [6.07, 6.45) is 1.81. The minimum Gasteiger partial charge on any atom is -0.462 e. The number of carbonyl (C=O) groups excluding carboxylic acids is 3. The first-order chi connectivity index (χ1) is 15.5. The Balaban J connectivity index is 1.53. The smallest absolute Gasteiger partial charge is 0.338 e. The summed E-state index contributed by atoms with van der Waals surface area (Å²) in [5.41, 5.74) is 2.60. The Hall–Kier alpha value is -3.68. The van der Waals surface area contributed by atoms with E-state index in [2.05, 4.69) is 17.2 Å². The molecule has 1 unspecified atom stereocenters. The molecule has 0 saturated carbocycles. The van der Waals surface area contributed by atoms with Crippen LogP contribution in [0.2, 0.25) is 0 Å². The van der Waals surface area contributed by atoms with Crippen molar-refractivity contribution in [1.29, 1.82) is 0 Å². The highest BCUT2D eigenvalue weighted by molar-refractivity contribution is 6.05. The highest BCUT2D eigenvalue weighted by atomic mass is 16.5. The maximum absolute atomic E-state index is 13.2. The van der Waals surface area contributed by atoms with Crippen molar-refractivity contribution in [1.82, 2.24) is 9.55 Å². The van der Waals surface area contributed by atoms with Crippen LogP contribution in [0.3, 0.4) is 0 Å². The third-order valence-electron chi connectivity index (χ3n) is 5.48. The zero-order chi connectivity index (χ0) is 22.7. The molecule has 2 heterocycles. The molecule has 8 nitrogen and oxygen atoms in total. The predicted molar refractivity (Wildman–Crippen MR) is 122 cm³/mol. The lowest BCUT2D eigenvalue weighted by Gasteiger charge is -2.15. The summed E-state index contributed by atoms with van der Waals surface area (Å²) in [7, 11) is 0. The Bertz CT molecular complexity index is 1150. The van der Waals surface area contributed by atoms with Gasteiger partial charge in [0.15, 0.2) is 0 Å². The van der Waals surface area contributed by atoms with Gasteiger partial charge < -0.3 is 10.1 Å². The van der Waals surface area contributed by atoms with E-state index in [9.17, 15) is 14.4 Å². The summed E-state index contributed by atoms with van der Waals surface area (Å²) in [6.45, 7) is 4.69. The Morgan fingerprint density at radius 3 is 2.56 bits per heavy atom. The number of hydrogen-bond acceptors (Lipinski definition) is 5. The van der Waals surface area contributed by atoms with Gasteiger partial charge in [0.25, 0.3) is 5.91 Å². The van der Waals surface area contributed by atoms with Gasteiger partial charge in [-0.1, -0.05) is 25.5 Å². The van der Waals surface area contributed by atoms with E-state index in [1.54, 1.807) is 36.1 Å². The molecule has 0 radical (unpaired) electrons. The Morgan fingerprint density at radius 1 is 1.09 bits per heavy atom. The molecule has 4 rings (SSSR count). The van der Waals surface area contributed by atoms with Crippen molar-refractivity contribution in [3.05, 3.63) is 54.1 Å². The molecule has 0 saturated heterocycles. The number of rotatable bonds is 8. The Labute approximate surface area is 186 Å². The van der Waals surface area contributed by atoms with Gasteiger partial charge in [-0.25, -0.2) is 9.78 Å². The second-order valence-electron chi connectivity index (χ2n) is 7.68. The number of carbonyl (C=O) groups is 3. The van der Waals surface area contributed by atoms with Crippen LogP contribution < -0.4 is 10.2 Å². The van der Waals surface area contributed by atoms with E-state index in [0.29, 0.717) is 30.4 Å². The third-order valence-corrected chi connectivity index (χ3v) is 5.48. The molecule has 1 aliphatic heterocycles. The van der Waals surface area contributed by atoms with Crippen LogP contribution in [-0.4, -0.2) is 40.5 Å². The number of fused-ring (bicyclic) bond motifs is 3. The number of ether oxygens (including phenoxy) is 1. The molecule has 8 heteroatoms. The van der Waals surface area contributed by atoms with E-state index in [0.717, 1.165) is 23.9 Å². The van der Waals surface area contributed by atoms with Gasteiger partial charge in [-0.2, -0.15) is 0 Å². The minimum atomic E-state index is -0.645. The monoisotopic (exact) mass is 434 g/mol. The summed E-state index contributed by atoms with van der Waals surface area (Å²) in [4.78, 5) is 44.1. The van der Waals surface area contributed by atoms with Crippen LogP contribution in [0.1, 0.15) is 49.5 Å². The number of imidazole rings is 1. The first-order valence-corrected chi connectivity index (χ1v) is 10.9. The Kier molecular flexibility index (Phi) is 6.20. The lowest BCUT2D eigenvalue weighted by molar-refractivity contribution is -0.124. The fraction of sp³-hybridized carbons (Fsp3) is 0.333. The number of amides is 2.